The molecule has 1 amide bonds. The van der Waals surface area contributed by atoms with Crippen LogP contribution < -0.4 is 16.4 Å². The predicted octanol–water partition coefficient (Wildman–Crippen LogP) is 2.91. The smallest absolute Gasteiger partial charge is 0.250 e. The second-order valence-corrected chi connectivity index (χ2v) is 5.56. The third-order valence-electron chi connectivity index (χ3n) is 3.16. The van der Waals surface area contributed by atoms with Gasteiger partial charge in [-0.1, -0.05) is 34.1 Å². The van der Waals surface area contributed by atoms with Crippen LogP contribution in [0.3, 0.4) is 0 Å². The lowest BCUT2D eigenvalue weighted by molar-refractivity contribution is 0.100. The summed E-state index contributed by atoms with van der Waals surface area (Å²) in [5.74, 6) is -1.17. The molecule has 21 heavy (non-hydrogen) atoms. The van der Waals surface area contributed by atoms with Crippen LogP contribution in [0.4, 0.5) is 15.8 Å². The number of halogens is 2. The first kappa shape index (κ1) is 15.3. The van der Waals surface area contributed by atoms with Gasteiger partial charge in [-0.2, -0.15) is 0 Å². The minimum atomic E-state index is -0.678. The average molecular weight is 352 g/mol. The van der Waals surface area contributed by atoms with Gasteiger partial charge >= 0.3 is 0 Å². The number of carbonyl (C=O) groups excluding carboxylic acids is 1. The van der Waals surface area contributed by atoms with E-state index < -0.39 is 11.7 Å². The first-order valence-electron chi connectivity index (χ1n) is 6.23. The maximum absolute atomic E-state index is 14.1. The molecule has 0 aliphatic heterocycles. The number of nitrogens with zero attached hydrogens (tertiary/aromatic N) is 1. The number of amides is 1. The largest absolute Gasteiger partial charge is 0.398 e. The number of anilines is 2. The zero-order valence-corrected chi connectivity index (χ0v) is 13.0. The lowest BCUT2D eigenvalue weighted by Gasteiger charge is -2.21. The minimum Gasteiger partial charge on any atom is -0.398 e. The Balaban J connectivity index is 2.35. The number of benzene rings is 2. The van der Waals surface area contributed by atoms with Gasteiger partial charge in [-0.05, 0) is 23.8 Å². The van der Waals surface area contributed by atoms with E-state index in [1.54, 1.807) is 11.9 Å². The molecule has 110 valence electrons. The standard InChI is InChI=1S/C15H15BrFN3O/c1-20(8-9-4-2-3-5-11(9)16)14-6-10(15(19)21)13(18)7-12(14)17/h2-7H,8,18H2,1H3,(H2,19,21). The van der Waals surface area contributed by atoms with Gasteiger partial charge in [0.2, 0.25) is 0 Å². The van der Waals surface area contributed by atoms with Gasteiger partial charge in [0.05, 0.1) is 11.3 Å². The first-order valence-corrected chi connectivity index (χ1v) is 7.03. The van der Waals surface area contributed by atoms with E-state index in [-0.39, 0.29) is 16.9 Å². The minimum absolute atomic E-state index is 0.0399. The zero-order chi connectivity index (χ0) is 15.6. The normalized spacial score (nSPS) is 10.4. The first-order chi connectivity index (χ1) is 9.90. The molecule has 2 rings (SSSR count). The maximum atomic E-state index is 14.1. The van der Waals surface area contributed by atoms with Crippen molar-refractivity contribution in [1.29, 1.82) is 0 Å². The molecule has 0 aliphatic rings. The van der Waals surface area contributed by atoms with Crippen molar-refractivity contribution in [2.24, 2.45) is 5.73 Å². The van der Waals surface area contributed by atoms with Gasteiger partial charge in [0.15, 0.2) is 0 Å². The maximum Gasteiger partial charge on any atom is 0.250 e. The molecule has 0 radical (unpaired) electrons. The summed E-state index contributed by atoms with van der Waals surface area (Å²) < 4.78 is 15.0. The fourth-order valence-corrected chi connectivity index (χ4v) is 2.46. The van der Waals surface area contributed by atoms with Gasteiger partial charge in [-0.15, -0.1) is 0 Å². The summed E-state index contributed by atoms with van der Waals surface area (Å²) in [4.78, 5) is 13.0. The Morgan fingerprint density at radius 3 is 2.62 bits per heavy atom. The van der Waals surface area contributed by atoms with E-state index >= 15 is 0 Å². The number of nitrogens with two attached hydrogens (primary N) is 2. The fourth-order valence-electron chi connectivity index (χ4n) is 2.05. The molecule has 0 atom stereocenters. The van der Waals surface area contributed by atoms with Gasteiger partial charge in [0.1, 0.15) is 5.82 Å². The van der Waals surface area contributed by atoms with Gasteiger partial charge < -0.3 is 16.4 Å². The molecule has 0 spiro atoms. The van der Waals surface area contributed by atoms with Gasteiger partial charge in [-0.3, -0.25) is 4.79 Å². The molecule has 0 saturated heterocycles. The molecule has 6 heteroatoms. The number of hydrogen-bond donors (Lipinski definition) is 2. The van der Waals surface area contributed by atoms with Crippen LogP contribution in [0.25, 0.3) is 0 Å². The number of nitrogen functional groups attached to an aromatic ring is 1. The molecular weight excluding hydrogens is 337 g/mol. The molecule has 2 aromatic carbocycles. The highest BCUT2D eigenvalue weighted by molar-refractivity contribution is 9.10. The zero-order valence-electron chi connectivity index (χ0n) is 11.4. The lowest BCUT2D eigenvalue weighted by atomic mass is 10.1. The van der Waals surface area contributed by atoms with Crippen molar-refractivity contribution in [3.63, 3.8) is 0 Å². The van der Waals surface area contributed by atoms with Crippen molar-refractivity contribution in [1.82, 2.24) is 0 Å². The van der Waals surface area contributed by atoms with Crippen LogP contribution in [-0.2, 0) is 6.54 Å². The number of rotatable bonds is 4. The third kappa shape index (κ3) is 3.33. The van der Waals surface area contributed by atoms with Crippen molar-refractivity contribution in [3.8, 4) is 0 Å². The van der Waals surface area contributed by atoms with Crippen molar-refractivity contribution in [2.75, 3.05) is 17.7 Å². The summed E-state index contributed by atoms with van der Waals surface area (Å²) in [6.45, 7) is 0.473. The second kappa shape index (κ2) is 6.13. The molecule has 0 aliphatic carbocycles. The summed E-state index contributed by atoms with van der Waals surface area (Å²) >= 11 is 3.45. The molecule has 0 aromatic heterocycles. The Morgan fingerprint density at radius 2 is 2.00 bits per heavy atom. The molecule has 0 heterocycles. The summed E-state index contributed by atoms with van der Waals surface area (Å²) in [7, 11) is 1.73. The van der Waals surface area contributed by atoms with Crippen LogP contribution in [0, 0.1) is 5.82 Å². The molecule has 2 aromatic rings. The Hall–Kier alpha value is -2.08. The van der Waals surface area contributed by atoms with E-state index in [4.69, 9.17) is 11.5 Å². The highest BCUT2D eigenvalue weighted by Crippen LogP contribution is 2.27. The Morgan fingerprint density at radius 1 is 1.33 bits per heavy atom. The highest BCUT2D eigenvalue weighted by atomic mass is 79.9. The number of hydrogen-bond acceptors (Lipinski definition) is 3. The van der Waals surface area contributed by atoms with Crippen LogP contribution in [-0.4, -0.2) is 13.0 Å². The monoisotopic (exact) mass is 351 g/mol. The van der Waals surface area contributed by atoms with Gasteiger partial charge in [-0.25, -0.2) is 4.39 Å². The Labute approximate surface area is 130 Å². The Bertz CT molecular complexity index is 691. The third-order valence-corrected chi connectivity index (χ3v) is 3.93. The number of carbonyl (C=O) groups is 1. The molecule has 0 unspecified atom stereocenters. The molecule has 0 fully saturated rings. The predicted molar refractivity (Wildman–Crippen MR) is 85.6 cm³/mol. The summed E-state index contributed by atoms with van der Waals surface area (Å²) in [6.07, 6.45) is 0. The van der Waals surface area contributed by atoms with Crippen LogP contribution >= 0.6 is 15.9 Å². The second-order valence-electron chi connectivity index (χ2n) is 4.70. The lowest BCUT2D eigenvalue weighted by Crippen LogP contribution is -2.20. The van der Waals surface area contributed by atoms with E-state index in [1.807, 2.05) is 24.3 Å². The fraction of sp³-hybridized carbons (Fsp3) is 0.133. The van der Waals surface area contributed by atoms with Crippen molar-refractivity contribution >= 4 is 33.2 Å². The van der Waals surface area contributed by atoms with Crippen LogP contribution in [0.5, 0.6) is 0 Å². The summed E-state index contributed by atoms with van der Waals surface area (Å²) in [5, 5.41) is 0. The number of primary amides is 1. The summed E-state index contributed by atoms with van der Waals surface area (Å²) in [6, 6.07) is 10.2. The quantitative estimate of drug-likeness (QED) is 0.831. The SMILES string of the molecule is CN(Cc1ccccc1Br)c1cc(C(N)=O)c(N)cc1F. The van der Waals surface area contributed by atoms with Crippen molar-refractivity contribution < 1.29 is 9.18 Å². The molecule has 4 nitrogen and oxygen atoms in total. The van der Waals surface area contributed by atoms with E-state index in [9.17, 15) is 9.18 Å². The van der Waals surface area contributed by atoms with Crippen LogP contribution in [0.2, 0.25) is 0 Å². The molecule has 0 saturated carbocycles. The molecule has 0 bridgehead atoms. The topological polar surface area (TPSA) is 72.3 Å². The van der Waals surface area contributed by atoms with Gasteiger partial charge in [0.25, 0.3) is 5.91 Å². The van der Waals surface area contributed by atoms with E-state index in [0.29, 0.717) is 6.54 Å². The average Bonchev–Trinajstić information content (AvgIpc) is 2.40. The molecular formula is C15H15BrFN3O. The highest BCUT2D eigenvalue weighted by Gasteiger charge is 2.15. The van der Waals surface area contributed by atoms with E-state index in [2.05, 4.69) is 15.9 Å². The Kier molecular flexibility index (Phi) is 4.47. The van der Waals surface area contributed by atoms with Crippen molar-refractivity contribution in [2.45, 2.75) is 6.54 Å². The summed E-state index contributed by atoms with van der Waals surface area (Å²) in [5.41, 5.74) is 12.3. The molecule has 4 N–H and O–H groups in total. The van der Waals surface area contributed by atoms with Crippen LogP contribution in [0.15, 0.2) is 40.9 Å². The van der Waals surface area contributed by atoms with E-state index in [1.165, 1.54) is 6.07 Å². The van der Waals surface area contributed by atoms with Crippen molar-refractivity contribution in [3.05, 3.63) is 57.8 Å². The van der Waals surface area contributed by atoms with Crippen LogP contribution in [0.1, 0.15) is 15.9 Å². The van der Waals surface area contributed by atoms with E-state index in [0.717, 1.165) is 16.1 Å². The van der Waals surface area contributed by atoms with Gasteiger partial charge in [0, 0.05) is 23.8 Å².